The number of amides is 1. The van der Waals surface area contributed by atoms with Crippen LogP contribution in [0.25, 0.3) is 5.57 Å². The summed E-state index contributed by atoms with van der Waals surface area (Å²) in [5.41, 5.74) is 5.09. The summed E-state index contributed by atoms with van der Waals surface area (Å²) in [4.78, 5) is 18.0. The second kappa shape index (κ2) is 9.12. The van der Waals surface area contributed by atoms with Gasteiger partial charge in [0.05, 0.1) is 5.54 Å². The van der Waals surface area contributed by atoms with Gasteiger partial charge in [0.2, 0.25) is 0 Å². The number of hydrogen-bond acceptors (Lipinski definition) is 2. The lowest BCUT2D eigenvalue weighted by atomic mass is 9.63. The van der Waals surface area contributed by atoms with Crippen LogP contribution in [0, 0.1) is 17.5 Å². The van der Waals surface area contributed by atoms with Crippen LogP contribution >= 0.6 is 0 Å². The van der Waals surface area contributed by atoms with E-state index in [1.165, 1.54) is 28.3 Å². The molecular formula is C32H31F3N2O. The van der Waals surface area contributed by atoms with Crippen LogP contribution in [-0.2, 0) is 12.0 Å². The van der Waals surface area contributed by atoms with Crippen molar-refractivity contribution < 1.29 is 18.0 Å². The van der Waals surface area contributed by atoms with Gasteiger partial charge in [-0.25, -0.2) is 13.2 Å². The first-order valence-corrected chi connectivity index (χ1v) is 13.3. The number of benzene rings is 3. The van der Waals surface area contributed by atoms with Crippen molar-refractivity contribution in [1.29, 1.82) is 0 Å². The number of nitrogens with zero attached hydrogens (tertiary/aromatic N) is 2. The number of halogens is 3. The van der Waals surface area contributed by atoms with Gasteiger partial charge in [-0.15, -0.1) is 0 Å². The molecule has 1 heterocycles. The molecule has 2 aliphatic carbocycles. The molecule has 1 aliphatic heterocycles. The second-order valence-electron chi connectivity index (χ2n) is 11.1. The van der Waals surface area contributed by atoms with Gasteiger partial charge in [-0.1, -0.05) is 36.4 Å². The van der Waals surface area contributed by atoms with Crippen LogP contribution in [0.5, 0.6) is 0 Å². The zero-order chi connectivity index (χ0) is 26.7. The monoisotopic (exact) mass is 516 g/mol. The zero-order valence-corrected chi connectivity index (χ0v) is 21.7. The molecule has 0 aromatic heterocycles. The number of rotatable bonds is 3. The van der Waals surface area contributed by atoms with E-state index >= 15 is 0 Å². The van der Waals surface area contributed by atoms with Crippen molar-refractivity contribution in [3.05, 3.63) is 112 Å². The molecule has 1 fully saturated rings. The number of carbonyl (C=O) groups is 1. The summed E-state index contributed by atoms with van der Waals surface area (Å²) in [6.07, 6.45) is 4.27. The minimum absolute atomic E-state index is 0.0380. The molecule has 6 heteroatoms. The van der Waals surface area contributed by atoms with Gasteiger partial charge < -0.3 is 4.90 Å². The van der Waals surface area contributed by atoms with Gasteiger partial charge in [-0.3, -0.25) is 9.69 Å². The molecular weight excluding hydrogens is 485 g/mol. The minimum Gasteiger partial charge on any atom is -0.329 e. The Morgan fingerprint density at radius 2 is 1.55 bits per heavy atom. The van der Waals surface area contributed by atoms with Gasteiger partial charge in [-0.2, -0.15) is 0 Å². The zero-order valence-electron chi connectivity index (χ0n) is 21.7. The molecule has 0 unspecified atom stereocenters. The Morgan fingerprint density at radius 1 is 0.842 bits per heavy atom. The van der Waals surface area contributed by atoms with E-state index in [4.69, 9.17) is 0 Å². The quantitative estimate of drug-likeness (QED) is 0.385. The van der Waals surface area contributed by atoms with E-state index < -0.39 is 17.2 Å². The SMILES string of the molecule is CN(C)C1(c2cccc(F)c2)CCC2(CC1)C1=C(CCN2C(=O)c2cc(F)cc(F)c2)c2ccccc2C1. The standard InChI is InChI=1S/C32H31F3N2O/c1-36(2)31(23-7-5-8-24(33)19-23)11-13-32(14-12-31)29-18-21-6-3-4-9-27(21)28(29)10-15-37(32)30(38)22-16-25(34)20-26(35)17-22/h3-9,16-17,19-20H,10-15,18H2,1-2H3. The van der Waals surface area contributed by atoms with Crippen LogP contribution < -0.4 is 0 Å². The summed E-state index contributed by atoms with van der Waals surface area (Å²) in [6, 6.07) is 18.3. The maximum absolute atomic E-state index is 14.3. The van der Waals surface area contributed by atoms with Crippen LogP contribution in [0.15, 0.2) is 72.3 Å². The third-order valence-corrected chi connectivity index (χ3v) is 9.21. The highest BCUT2D eigenvalue weighted by atomic mass is 19.1. The van der Waals surface area contributed by atoms with Gasteiger partial charge in [0.15, 0.2) is 0 Å². The van der Waals surface area contributed by atoms with Gasteiger partial charge in [-0.05, 0) is 105 Å². The highest BCUT2D eigenvalue weighted by Crippen LogP contribution is 2.55. The molecule has 0 radical (unpaired) electrons. The number of hydrogen-bond donors (Lipinski definition) is 0. The Labute approximate surface area is 221 Å². The third kappa shape index (κ3) is 3.80. The van der Waals surface area contributed by atoms with Gasteiger partial charge in [0.25, 0.3) is 5.91 Å². The van der Waals surface area contributed by atoms with Crippen molar-refractivity contribution in [3.8, 4) is 0 Å². The predicted molar refractivity (Wildman–Crippen MR) is 142 cm³/mol. The van der Waals surface area contributed by atoms with Crippen molar-refractivity contribution >= 4 is 11.5 Å². The summed E-state index contributed by atoms with van der Waals surface area (Å²) in [5, 5.41) is 0. The number of carbonyl (C=O) groups excluding carboxylic acids is 1. The largest absolute Gasteiger partial charge is 0.329 e. The van der Waals surface area contributed by atoms with E-state index in [0.717, 1.165) is 43.0 Å². The molecule has 1 amide bonds. The molecule has 3 aromatic carbocycles. The molecule has 1 saturated carbocycles. The van der Waals surface area contributed by atoms with Crippen LogP contribution in [0.2, 0.25) is 0 Å². The highest BCUT2D eigenvalue weighted by Gasteiger charge is 2.54. The molecule has 196 valence electrons. The summed E-state index contributed by atoms with van der Waals surface area (Å²) < 4.78 is 42.6. The van der Waals surface area contributed by atoms with Crippen LogP contribution in [0.1, 0.15) is 59.2 Å². The van der Waals surface area contributed by atoms with Gasteiger partial charge >= 0.3 is 0 Å². The first-order chi connectivity index (χ1) is 18.2. The van der Waals surface area contributed by atoms with E-state index in [-0.39, 0.29) is 22.8 Å². The summed E-state index contributed by atoms with van der Waals surface area (Å²) in [7, 11) is 4.05. The lowest BCUT2D eigenvalue weighted by molar-refractivity contribution is 0.00710. The maximum atomic E-state index is 14.3. The molecule has 0 N–H and O–H groups in total. The van der Waals surface area contributed by atoms with E-state index in [2.05, 4.69) is 23.1 Å². The number of fused-ring (bicyclic) bond motifs is 3. The minimum atomic E-state index is -0.756. The lowest BCUT2D eigenvalue weighted by Crippen LogP contribution is -2.60. The maximum Gasteiger partial charge on any atom is 0.254 e. The first kappa shape index (κ1) is 24.9. The fourth-order valence-corrected chi connectivity index (χ4v) is 7.31. The average Bonchev–Trinajstić information content (AvgIpc) is 3.28. The first-order valence-electron chi connectivity index (χ1n) is 13.3. The van der Waals surface area contributed by atoms with E-state index in [9.17, 15) is 18.0 Å². The summed E-state index contributed by atoms with van der Waals surface area (Å²) in [6.45, 7) is 0.485. The predicted octanol–water partition coefficient (Wildman–Crippen LogP) is 6.73. The molecule has 6 rings (SSSR count). The fraction of sp³-hybridized carbons (Fsp3) is 0.344. The van der Waals surface area contributed by atoms with E-state index in [1.54, 1.807) is 12.1 Å². The van der Waals surface area contributed by atoms with Crippen molar-refractivity contribution in [2.75, 3.05) is 20.6 Å². The summed E-state index contributed by atoms with van der Waals surface area (Å²) in [5.74, 6) is -2.11. The van der Waals surface area contributed by atoms with Crippen LogP contribution in [0.4, 0.5) is 13.2 Å². The topological polar surface area (TPSA) is 23.6 Å². The van der Waals surface area contributed by atoms with Crippen LogP contribution in [-0.4, -0.2) is 41.9 Å². The molecule has 1 spiro atoms. The molecule has 0 atom stereocenters. The lowest BCUT2D eigenvalue weighted by Gasteiger charge is -2.56. The highest BCUT2D eigenvalue weighted by molar-refractivity contribution is 5.96. The van der Waals surface area contributed by atoms with Crippen molar-refractivity contribution in [3.63, 3.8) is 0 Å². The summed E-state index contributed by atoms with van der Waals surface area (Å²) >= 11 is 0. The Hall–Kier alpha value is -3.38. The van der Waals surface area contributed by atoms with Crippen molar-refractivity contribution in [2.45, 2.75) is 49.6 Å². The molecule has 3 aliphatic rings. The second-order valence-corrected chi connectivity index (χ2v) is 11.1. The Bertz CT molecular complexity index is 1430. The van der Waals surface area contributed by atoms with E-state index in [1.807, 2.05) is 31.1 Å². The smallest absolute Gasteiger partial charge is 0.254 e. The molecule has 38 heavy (non-hydrogen) atoms. The van der Waals surface area contributed by atoms with Gasteiger partial charge in [0, 0.05) is 23.7 Å². The Kier molecular flexibility index (Phi) is 5.98. The Balaban J connectivity index is 1.44. The van der Waals surface area contributed by atoms with Crippen molar-refractivity contribution in [1.82, 2.24) is 9.80 Å². The van der Waals surface area contributed by atoms with Gasteiger partial charge in [0.1, 0.15) is 17.5 Å². The Morgan fingerprint density at radius 3 is 2.24 bits per heavy atom. The third-order valence-electron chi connectivity index (χ3n) is 9.21. The molecule has 0 saturated heterocycles. The van der Waals surface area contributed by atoms with Crippen molar-refractivity contribution in [2.24, 2.45) is 0 Å². The van der Waals surface area contributed by atoms with Crippen LogP contribution in [0.3, 0.4) is 0 Å². The molecule has 0 bridgehead atoms. The normalized spacial score (nSPS) is 24.6. The average molecular weight is 517 g/mol. The fourth-order valence-electron chi connectivity index (χ4n) is 7.31. The molecule has 3 nitrogen and oxygen atoms in total. The van der Waals surface area contributed by atoms with E-state index in [0.29, 0.717) is 25.8 Å². The molecule has 3 aromatic rings.